The Morgan fingerprint density at radius 3 is 2.06 bits per heavy atom. The van der Waals surface area contributed by atoms with Crippen molar-refractivity contribution in [2.75, 3.05) is 0 Å². The lowest BCUT2D eigenvalue weighted by molar-refractivity contribution is -0.0417. The van der Waals surface area contributed by atoms with Crippen molar-refractivity contribution in [3.63, 3.8) is 0 Å². The lowest BCUT2D eigenvalue weighted by Gasteiger charge is -2.44. The number of hydrogen-bond donors (Lipinski definition) is 1. The van der Waals surface area contributed by atoms with E-state index in [1.165, 1.54) is 32.1 Å². The Balaban J connectivity index is 2.67. The van der Waals surface area contributed by atoms with E-state index < -0.39 is 5.60 Å². The minimum absolute atomic E-state index is 0.442. The molecule has 0 aromatic heterocycles. The van der Waals surface area contributed by atoms with Gasteiger partial charge in [-0.1, -0.05) is 40.5 Å². The van der Waals surface area contributed by atoms with Crippen LogP contribution in [0.25, 0.3) is 0 Å². The molecule has 0 bridgehead atoms. The van der Waals surface area contributed by atoms with E-state index in [0.29, 0.717) is 11.3 Å². The molecular weight excluding hydrogens is 196 g/mol. The number of hydrogen-bond acceptors (Lipinski definition) is 1. The second-order valence-electron chi connectivity index (χ2n) is 6.61. The maximum atomic E-state index is 10.4. The van der Waals surface area contributed by atoms with Gasteiger partial charge in [0.2, 0.25) is 0 Å². The SMILES string of the molecule is CCC(C)(C)C1CCCC(C(C)(O)CC)C1. The van der Waals surface area contributed by atoms with Crippen LogP contribution in [0.15, 0.2) is 0 Å². The smallest absolute Gasteiger partial charge is 0.0645 e. The van der Waals surface area contributed by atoms with E-state index in [9.17, 15) is 5.11 Å². The highest BCUT2D eigenvalue weighted by molar-refractivity contribution is 4.90. The fourth-order valence-electron chi connectivity index (χ4n) is 3.04. The molecule has 0 aromatic carbocycles. The Morgan fingerprint density at radius 1 is 1.00 bits per heavy atom. The van der Waals surface area contributed by atoms with Crippen LogP contribution < -0.4 is 0 Å². The molecule has 0 aromatic rings. The van der Waals surface area contributed by atoms with E-state index in [2.05, 4.69) is 27.7 Å². The molecule has 0 aliphatic heterocycles. The summed E-state index contributed by atoms with van der Waals surface area (Å²) >= 11 is 0. The van der Waals surface area contributed by atoms with Crippen molar-refractivity contribution in [1.82, 2.24) is 0 Å². The molecule has 1 N–H and O–H groups in total. The van der Waals surface area contributed by atoms with Gasteiger partial charge in [-0.05, 0) is 49.9 Å². The average Bonchev–Trinajstić information content (AvgIpc) is 2.29. The van der Waals surface area contributed by atoms with Crippen LogP contribution in [-0.2, 0) is 0 Å². The highest BCUT2D eigenvalue weighted by atomic mass is 16.3. The van der Waals surface area contributed by atoms with Gasteiger partial charge in [-0.2, -0.15) is 0 Å². The van der Waals surface area contributed by atoms with Crippen LogP contribution in [0.5, 0.6) is 0 Å². The third-order valence-electron chi connectivity index (χ3n) is 5.29. The van der Waals surface area contributed by atoms with Crippen molar-refractivity contribution in [1.29, 1.82) is 0 Å². The molecule has 16 heavy (non-hydrogen) atoms. The van der Waals surface area contributed by atoms with Gasteiger partial charge >= 0.3 is 0 Å². The highest BCUT2D eigenvalue weighted by Crippen LogP contribution is 2.45. The van der Waals surface area contributed by atoms with Gasteiger partial charge < -0.3 is 5.11 Å². The van der Waals surface area contributed by atoms with Crippen molar-refractivity contribution in [3.05, 3.63) is 0 Å². The molecule has 0 saturated heterocycles. The molecule has 1 aliphatic carbocycles. The zero-order valence-corrected chi connectivity index (χ0v) is 11.8. The standard InChI is InChI=1S/C15H30O/c1-6-14(3,4)12-9-8-10-13(11-12)15(5,16)7-2/h12-13,16H,6-11H2,1-5H3. The summed E-state index contributed by atoms with van der Waals surface area (Å²) in [6.07, 6.45) is 7.24. The third kappa shape index (κ3) is 3.00. The van der Waals surface area contributed by atoms with Crippen LogP contribution in [0.2, 0.25) is 0 Å². The Bertz CT molecular complexity index is 195. The summed E-state index contributed by atoms with van der Waals surface area (Å²) in [6, 6.07) is 0. The summed E-state index contributed by atoms with van der Waals surface area (Å²) in [4.78, 5) is 0. The summed E-state index contributed by atoms with van der Waals surface area (Å²) in [5, 5.41) is 10.4. The first kappa shape index (κ1) is 14.0. The lowest BCUT2D eigenvalue weighted by atomic mass is 9.64. The zero-order valence-electron chi connectivity index (χ0n) is 11.8. The van der Waals surface area contributed by atoms with Gasteiger partial charge in [0.25, 0.3) is 0 Å². The normalized spacial score (nSPS) is 31.1. The lowest BCUT2D eigenvalue weighted by Crippen LogP contribution is -2.40. The van der Waals surface area contributed by atoms with E-state index in [-0.39, 0.29) is 0 Å². The molecule has 1 heteroatoms. The van der Waals surface area contributed by atoms with E-state index in [0.717, 1.165) is 12.3 Å². The maximum absolute atomic E-state index is 10.4. The molecule has 0 radical (unpaired) electrons. The predicted molar refractivity (Wildman–Crippen MR) is 70.4 cm³/mol. The molecule has 1 fully saturated rings. The molecular formula is C15H30O. The highest BCUT2D eigenvalue weighted by Gasteiger charge is 2.38. The molecule has 96 valence electrons. The van der Waals surface area contributed by atoms with E-state index in [1.807, 2.05) is 6.92 Å². The number of aliphatic hydroxyl groups is 1. The summed E-state index contributed by atoms with van der Waals surface area (Å²) < 4.78 is 0. The monoisotopic (exact) mass is 226 g/mol. The van der Waals surface area contributed by atoms with Crippen LogP contribution in [0, 0.1) is 17.3 Å². The average molecular weight is 226 g/mol. The summed E-state index contributed by atoms with van der Waals surface area (Å²) in [6.45, 7) is 11.2. The van der Waals surface area contributed by atoms with E-state index in [1.54, 1.807) is 0 Å². The second kappa shape index (κ2) is 5.08. The van der Waals surface area contributed by atoms with Crippen LogP contribution in [0.3, 0.4) is 0 Å². The number of rotatable bonds is 4. The molecule has 0 heterocycles. The molecule has 0 spiro atoms. The minimum Gasteiger partial charge on any atom is -0.390 e. The molecule has 1 saturated carbocycles. The van der Waals surface area contributed by atoms with E-state index >= 15 is 0 Å². The Labute approximate surface area is 102 Å². The second-order valence-corrected chi connectivity index (χ2v) is 6.61. The maximum Gasteiger partial charge on any atom is 0.0645 e. The molecule has 1 nitrogen and oxygen atoms in total. The molecule has 3 atom stereocenters. The van der Waals surface area contributed by atoms with Gasteiger partial charge in [0.15, 0.2) is 0 Å². The molecule has 0 amide bonds. The van der Waals surface area contributed by atoms with Crippen LogP contribution in [0.4, 0.5) is 0 Å². The van der Waals surface area contributed by atoms with Crippen LogP contribution >= 0.6 is 0 Å². The minimum atomic E-state index is -0.442. The zero-order chi connectivity index (χ0) is 12.4. The van der Waals surface area contributed by atoms with Crippen LogP contribution in [0.1, 0.15) is 73.1 Å². The van der Waals surface area contributed by atoms with Crippen molar-refractivity contribution in [3.8, 4) is 0 Å². The van der Waals surface area contributed by atoms with E-state index in [4.69, 9.17) is 0 Å². The van der Waals surface area contributed by atoms with Gasteiger partial charge in [0, 0.05) is 0 Å². The fourth-order valence-corrected chi connectivity index (χ4v) is 3.04. The van der Waals surface area contributed by atoms with Gasteiger partial charge in [-0.15, -0.1) is 0 Å². The first-order chi connectivity index (χ1) is 7.33. The van der Waals surface area contributed by atoms with Gasteiger partial charge in [0.1, 0.15) is 0 Å². The molecule has 3 unspecified atom stereocenters. The topological polar surface area (TPSA) is 20.2 Å². The summed E-state index contributed by atoms with van der Waals surface area (Å²) in [7, 11) is 0. The first-order valence-electron chi connectivity index (χ1n) is 7.06. The van der Waals surface area contributed by atoms with Gasteiger partial charge in [-0.3, -0.25) is 0 Å². The van der Waals surface area contributed by atoms with Crippen molar-refractivity contribution < 1.29 is 5.11 Å². The molecule has 1 aliphatic rings. The Hall–Kier alpha value is -0.0400. The largest absolute Gasteiger partial charge is 0.390 e. The quantitative estimate of drug-likeness (QED) is 0.753. The van der Waals surface area contributed by atoms with Crippen molar-refractivity contribution in [2.24, 2.45) is 17.3 Å². The Kier molecular flexibility index (Phi) is 4.45. The summed E-state index contributed by atoms with van der Waals surface area (Å²) in [5.74, 6) is 1.32. The van der Waals surface area contributed by atoms with Gasteiger partial charge in [-0.25, -0.2) is 0 Å². The Morgan fingerprint density at radius 2 is 1.56 bits per heavy atom. The van der Waals surface area contributed by atoms with Crippen molar-refractivity contribution in [2.45, 2.75) is 78.7 Å². The summed E-state index contributed by atoms with van der Waals surface area (Å²) in [5.41, 5.74) is 0.00494. The van der Waals surface area contributed by atoms with Crippen molar-refractivity contribution >= 4 is 0 Å². The first-order valence-corrected chi connectivity index (χ1v) is 7.06. The fraction of sp³-hybridized carbons (Fsp3) is 1.00. The van der Waals surface area contributed by atoms with Gasteiger partial charge in [0.05, 0.1) is 5.60 Å². The third-order valence-corrected chi connectivity index (χ3v) is 5.29. The predicted octanol–water partition coefficient (Wildman–Crippen LogP) is 4.39. The molecule has 1 rings (SSSR count). The van der Waals surface area contributed by atoms with Crippen LogP contribution in [-0.4, -0.2) is 10.7 Å².